The molecule has 34 heavy (non-hydrogen) atoms. The third kappa shape index (κ3) is 7.09. The van der Waals surface area contributed by atoms with Gasteiger partial charge in [0, 0.05) is 43.4 Å². The Balaban J connectivity index is 1.47. The lowest BCUT2D eigenvalue weighted by Gasteiger charge is -2.31. The molecule has 6 nitrogen and oxygen atoms in total. The fourth-order valence-corrected chi connectivity index (χ4v) is 3.46. The maximum absolute atomic E-state index is 12.7. The van der Waals surface area contributed by atoms with Crippen molar-refractivity contribution in [3.05, 3.63) is 59.3 Å². The van der Waals surface area contributed by atoms with Crippen molar-refractivity contribution < 1.29 is 40.7 Å². The smallest absolute Gasteiger partial charge is 0.422 e. The lowest BCUT2D eigenvalue weighted by molar-refractivity contribution is -0.154. The molecule has 0 saturated carbocycles. The SMILES string of the molecule is O=C(NCc1ccnc(OCC(F)(F)F)c1)C1CCN(C(=O)c2ccc(C(F)(F)F)cc2)CC1. The number of aromatic nitrogens is 1. The molecule has 0 radical (unpaired) electrons. The number of amides is 2. The monoisotopic (exact) mass is 489 g/mol. The molecule has 0 unspecified atom stereocenters. The van der Waals surface area contributed by atoms with Crippen LogP contribution in [-0.2, 0) is 17.5 Å². The maximum atomic E-state index is 12.7. The van der Waals surface area contributed by atoms with Crippen LogP contribution in [0.4, 0.5) is 26.3 Å². The minimum absolute atomic E-state index is 0.0639. The molecule has 1 aliphatic rings. The van der Waals surface area contributed by atoms with Gasteiger partial charge in [0.1, 0.15) is 0 Å². The van der Waals surface area contributed by atoms with Gasteiger partial charge in [-0.25, -0.2) is 4.98 Å². The third-order valence-corrected chi connectivity index (χ3v) is 5.26. The molecule has 0 atom stereocenters. The average molecular weight is 489 g/mol. The van der Waals surface area contributed by atoms with Crippen LogP contribution in [0.15, 0.2) is 42.6 Å². The second-order valence-electron chi connectivity index (χ2n) is 7.77. The Kier molecular flexibility index (Phi) is 7.68. The van der Waals surface area contributed by atoms with E-state index in [4.69, 9.17) is 0 Å². The number of alkyl halides is 6. The Hall–Kier alpha value is -3.31. The number of pyridine rings is 1. The zero-order valence-corrected chi connectivity index (χ0v) is 17.7. The molecule has 0 spiro atoms. The van der Waals surface area contributed by atoms with Crippen molar-refractivity contribution in [1.29, 1.82) is 0 Å². The van der Waals surface area contributed by atoms with Crippen LogP contribution in [-0.4, -0.2) is 47.6 Å². The van der Waals surface area contributed by atoms with E-state index in [2.05, 4.69) is 15.0 Å². The number of nitrogens with one attached hydrogen (secondary N) is 1. The highest BCUT2D eigenvalue weighted by molar-refractivity contribution is 5.94. The molecule has 1 aliphatic heterocycles. The van der Waals surface area contributed by atoms with Gasteiger partial charge in [0.2, 0.25) is 11.8 Å². The van der Waals surface area contributed by atoms with Gasteiger partial charge in [0.25, 0.3) is 5.91 Å². The number of carbonyl (C=O) groups excluding carboxylic acids is 2. The van der Waals surface area contributed by atoms with Gasteiger partial charge in [0.05, 0.1) is 5.56 Å². The van der Waals surface area contributed by atoms with E-state index in [0.29, 0.717) is 18.4 Å². The van der Waals surface area contributed by atoms with E-state index in [9.17, 15) is 35.9 Å². The van der Waals surface area contributed by atoms with Crippen LogP contribution in [0.5, 0.6) is 5.88 Å². The summed E-state index contributed by atoms with van der Waals surface area (Å²) in [6.07, 6.45) is -6.96. The quantitative estimate of drug-likeness (QED) is 0.618. The first-order chi connectivity index (χ1) is 15.9. The second-order valence-corrected chi connectivity index (χ2v) is 7.77. The Bertz CT molecular complexity index is 1000. The van der Waals surface area contributed by atoms with E-state index in [1.165, 1.54) is 23.2 Å². The average Bonchev–Trinajstić information content (AvgIpc) is 2.80. The Morgan fingerprint density at radius 3 is 2.26 bits per heavy atom. The molecule has 2 aromatic rings. The summed E-state index contributed by atoms with van der Waals surface area (Å²) in [7, 11) is 0. The predicted octanol–water partition coefficient (Wildman–Crippen LogP) is 4.21. The van der Waals surface area contributed by atoms with Crippen molar-refractivity contribution in [2.45, 2.75) is 31.7 Å². The Morgan fingerprint density at radius 2 is 1.68 bits per heavy atom. The Morgan fingerprint density at radius 1 is 1.03 bits per heavy atom. The number of nitrogens with zero attached hydrogens (tertiary/aromatic N) is 2. The molecule has 1 fully saturated rings. The summed E-state index contributed by atoms with van der Waals surface area (Å²) in [4.78, 5) is 30.2. The van der Waals surface area contributed by atoms with Crippen molar-refractivity contribution in [2.75, 3.05) is 19.7 Å². The molecular formula is C22H21F6N3O3. The number of benzene rings is 1. The van der Waals surface area contributed by atoms with E-state index < -0.39 is 30.4 Å². The number of hydrogen-bond acceptors (Lipinski definition) is 4. The summed E-state index contributed by atoms with van der Waals surface area (Å²) in [5, 5.41) is 2.71. The molecule has 1 saturated heterocycles. The van der Waals surface area contributed by atoms with Gasteiger partial charge >= 0.3 is 12.4 Å². The highest BCUT2D eigenvalue weighted by Gasteiger charge is 2.32. The first-order valence-corrected chi connectivity index (χ1v) is 10.3. The number of hydrogen-bond donors (Lipinski definition) is 1. The highest BCUT2D eigenvalue weighted by Crippen LogP contribution is 2.29. The fourth-order valence-electron chi connectivity index (χ4n) is 3.46. The number of likely N-dealkylation sites (tertiary alicyclic amines) is 1. The van der Waals surface area contributed by atoms with E-state index in [1.807, 2.05) is 0 Å². The first kappa shape index (κ1) is 25.3. The molecule has 184 valence electrons. The minimum atomic E-state index is -4.49. The summed E-state index contributed by atoms with van der Waals surface area (Å²) < 4.78 is 79.4. The number of halogens is 6. The maximum Gasteiger partial charge on any atom is 0.422 e. The summed E-state index contributed by atoms with van der Waals surface area (Å²) in [6, 6.07) is 6.80. The number of rotatable bonds is 6. The molecule has 12 heteroatoms. The van der Waals surface area contributed by atoms with Gasteiger partial charge in [-0.15, -0.1) is 0 Å². The largest absolute Gasteiger partial charge is 0.468 e. The molecule has 0 aliphatic carbocycles. The summed E-state index contributed by atoms with van der Waals surface area (Å²) in [6.45, 7) is -0.876. The van der Waals surface area contributed by atoms with Crippen molar-refractivity contribution in [2.24, 2.45) is 5.92 Å². The topological polar surface area (TPSA) is 71.5 Å². The molecule has 1 N–H and O–H groups in total. The van der Waals surface area contributed by atoms with Crippen molar-refractivity contribution >= 4 is 11.8 Å². The van der Waals surface area contributed by atoms with Crippen LogP contribution < -0.4 is 10.1 Å². The summed E-state index contributed by atoms with van der Waals surface area (Å²) in [5.74, 6) is -1.26. The minimum Gasteiger partial charge on any atom is -0.468 e. The van der Waals surface area contributed by atoms with Gasteiger partial charge in [-0.1, -0.05) is 0 Å². The predicted molar refractivity (Wildman–Crippen MR) is 108 cm³/mol. The van der Waals surface area contributed by atoms with Gasteiger partial charge in [-0.2, -0.15) is 26.3 Å². The van der Waals surface area contributed by atoms with E-state index in [1.54, 1.807) is 0 Å². The lowest BCUT2D eigenvalue weighted by atomic mass is 9.95. The van der Waals surface area contributed by atoms with E-state index in [0.717, 1.165) is 24.3 Å². The van der Waals surface area contributed by atoms with Crippen LogP contribution in [0.2, 0.25) is 0 Å². The number of ether oxygens (including phenoxy) is 1. The normalized spacial score (nSPS) is 15.2. The van der Waals surface area contributed by atoms with Gasteiger partial charge in [0.15, 0.2) is 6.61 Å². The molecule has 2 amide bonds. The van der Waals surface area contributed by atoms with Gasteiger partial charge in [-0.3, -0.25) is 9.59 Å². The van der Waals surface area contributed by atoms with Crippen molar-refractivity contribution in [3.63, 3.8) is 0 Å². The van der Waals surface area contributed by atoms with Crippen molar-refractivity contribution in [3.8, 4) is 5.88 Å². The zero-order chi connectivity index (χ0) is 24.9. The van der Waals surface area contributed by atoms with Crippen LogP contribution >= 0.6 is 0 Å². The zero-order valence-electron chi connectivity index (χ0n) is 17.7. The van der Waals surface area contributed by atoms with Crippen LogP contribution in [0, 0.1) is 5.92 Å². The van der Waals surface area contributed by atoms with Gasteiger partial charge < -0.3 is 15.0 Å². The van der Waals surface area contributed by atoms with Gasteiger partial charge in [-0.05, 0) is 48.7 Å². The summed E-state index contributed by atoms with van der Waals surface area (Å²) >= 11 is 0. The van der Waals surface area contributed by atoms with Crippen LogP contribution in [0.3, 0.4) is 0 Å². The van der Waals surface area contributed by atoms with Crippen LogP contribution in [0.1, 0.15) is 34.3 Å². The Labute approximate surface area is 190 Å². The third-order valence-electron chi connectivity index (χ3n) is 5.26. The second kappa shape index (κ2) is 10.3. The first-order valence-electron chi connectivity index (χ1n) is 10.3. The standard InChI is InChI=1S/C22H21F6N3O3/c23-21(24,25)13-34-18-11-14(5-8-29-18)12-30-19(32)15-6-9-31(10-7-15)20(33)16-1-3-17(4-2-16)22(26,27)28/h1-5,8,11,15H,6-7,9-10,12-13H2,(H,30,32). The number of piperidine rings is 1. The number of carbonyl (C=O) groups is 2. The fraction of sp³-hybridized carbons (Fsp3) is 0.409. The molecule has 1 aromatic carbocycles. The molecular weight excluding hydrogens is 468 g/mol. The van der Waals surface area contributed by atoms with Crippen LogP contribution in [0.25, 0.3) is 0 Å². The van der Waals surface area contributed by atoms with Crippen molar-refractivity contribution in [1.82, 2.24) is 15.2 Å². The lowest BCUT2D eigenvalue weighted by Crippen LogP contribution is -2.42. The molecule has 2 heterocycles. The highest BCUT2D eigenvalue weighted by atomic mass is 19.4. The van der Waals surface area contributed by atoms with E-state index >= 15 is 0 Å². The summed E-state index contributed by atoms with van der Waals surface area (Å²) in [5.41, 5.74) is -0.194. The van der Waals surface area contributed by atoms with E-state index in [-0.39, 0.29) is 42.9 Å². The molecule has 1 aromatic heterocycles. The molecule has 3 rings (SSSR count). The molecule has 0 bridgehead atoms.